The Labute approximate surface area is 144 Å². The van der Waals surface area contributed by atoms with Crippen LogP contribution in [0.5, 0.6) is 0 Å². The molecule has 0 aliphatic carbocycles. The number of carbonyl (C=O) groups is 3. The molecule has 1 N–H and O–H groups in total. The van der Waals surface area contributed by atoms with Gasteiger partial charge in [0.05, 0.1) is 11.3 Å². The largest absolute Gasteiger partial charge is 0.456 e. The molecule has 0 spiro atoms. The number of benzene rings is 1. The van der Waals surface area contributed by atoms with Crippen LogP contribution in [0.4, 0.5) is 5.69 Å². The van der Waals surface area contributed by atoms with Crippen molar-refractivity contribution in [3.05, 3.63) is 52.2 Å². The number of amides is 1. The Morgan fingerprint density at radius 3 is 2.46 bits per heavy atom. The maximum Gasteiger partial charge on any atom is 0.306 e. The standard InChI is InChI=1S/C18H19NO4S/c1-2-13-5-7-14(8-6-13)19-17(21)12-23-18(22)10-9-15(20)16-4-3-11-24-16/h3-8,11H,2,9-10,12H2,1H3,(H,19,21). The first kappa shape index (κ1) is 17.9. The Morgan fingerprint density at radius 2 is 1.83 bits per heavy atom. The highest BCUT2D eigenvalue weighted by Crippen LogP contribution is 2.13. The average Bonchev–Trinajstić information content (AvgIpc) is 3.13. The third-order valence-electron chi connectivity index (χ3n) is 3.36. The molecule has 0 saturated carbocycles. The molecule has 1 aromatic heterocycles. The topological polar surface area (TPSA) is 72.5 Å². The second kappa shape index (κ2) is 8.98. The van der Waals surface area contributed by atoms with Gasteiger partial charge in [-0.2, -0.15) is 0 Å². The molecule has 6 heteroatoms. The number of aryl methyl sites for hydroxylation is 1. The van der Waals surface area contributed by atoms with Crippen molar-refractivity contribution in [3.8, 4) is 0 Å². The number of esters is 1. The van der Waals surface area contributed by atoms with Crippen molar-refractivity contribution < 1.29 is 19.1 Å². The summed E-state index contributed by atoms with van der Waals surface area (Å²) in [6.45, 7) is 1.69. The van der Waals surface area contributed by atoms with Crippen LogP contribution in [-0.2, 0) is 20.7 Å². The number of hydrogen-bond donors (Lipinski definition) is 1. The highest BCUT2D eigenvalue weighted by atomic mass is 32.1. The maximum atomic E-state index is 11.8. The summed E-state index contributed by atoms with van der Waals surface area (Å²) >= 11 is 1.34. The Kier molecular flexibility index (Phi) is 6.69. The zero-order valence-electron chi connectivity index (χ0n) is 13.4. The summed E-state index contributed by atoms with van der Waals surface area (Å²) in [7, 11) is 0. The number of thiophene rings is 1. The molecule has 0 fully saturated rings. The van der Waals surface area contributed by atoms with Gasteiger partial charge >= 0.3 is 5.97 Å². The lowest BCUT2D eigenvalue weighted by Gasteiger charge is -2.07. The first-order valence-corrected chi connectivity index (χ1v) is 8.57. The number of carbonyl (C=O) groups excluding carboxylic acids is 3. The Balaban J connectivity index is 1.68. The van der Waals surface area contributed by atoms with E-state index in [0.29, 0.717) is 10.6 Å². The van der Waals surface area contributed by atoms with Gasteiger partial charge in [-0.3, -0.25) is 14.4 Å². The first-order chi connectivity index (χ1) is 11.6. The van der Waals surface area contributed by atoms with E-state index in [-0.39, 0.29) is 25.2 Å². The van der Waals surface area contributed by atoms with Gasteiger partial charge in [0, 0.05) is 12.1 Å². The zero-order chi connectivity index (χ0) is 17.4. The molecular formula is C18H19NO4S. The molecule has 0 radical (unpaired) electrons. The molecule has 126 valence electrons. The molecule has 2 aromatic rings. The monoisotopic (exact) mass is 345 g/mol. The quantitative estimate of drug-likeness (QED) is 0.587. The molecule has 1 aromatic carbocycles. The van der Waals surface area contributed by atoms with Crippen molar-refractivity contribution in [2.24, 2.45) is 0 Å². The second-order valence-electron chi connectivity index (χ2n) is 5.16. The fourth-order valence-electron chi connectivity index (χ4n) is 2.02. The Morgan fingerprint density at radius 1 is 1.08 bits per heavy atom. The van der Waals surface area contributed by atoms with Crippen LogP contribution < -0.4 is 5.32 Å². The summed E-state index contributed by atoms with van der Waals surface area (Å²) in [5.41, 5.74) is 1.83. The molecule has 24 heavy (non-hydrogen) atoms. The van der Waals surface area contributed by atoms with Crippen molar-refractivity contribution in [3.63, 3.8) is 0 Å². The third kappa shape index (κ3) is 5.62. The van der Waals surface area contributed by atoms with Crippen LogP contribution in [0.1, 0.15) is 35.0 Å². The van der Waals surface area contributed by atoms with Gasteiger partial charge in [-0.25, -0.2) is 0 Å². The second-order valence-corrected chi connectivity index (χ2v) is 6.11. The summed E-state index contributed by atoms with van der Waals surface area (Å²) in [6.07, 6.45) is 0.977. The molecule has 5 nitrogen and oxygen atoms in total. The van der Waals surface area contributed by atoms with E-state index >= 15 is 0 Å². The van der Waals surface area contributed by atoms with Gasteiger partial charge in [-0.05, 0) is 35.6 Å². The lowest BCUT2D eigenvalue weighted by Crippen LogP contribution is -2.21. The summed E-state index contributed by atoms with van der Waals surface area (Å²) in [6, 6.07) is 11.0. The van der Waals surface area contributed by atoms with Gasteiger partial charge in [0.1, 0.15) is 0 Å². The molecule has 0 aliphatic rings. The Hall–Kier alpha value is -2.47. The van der Waals surface area contributed by atoms with Crippen LogP contribution in [0.2, 0.25) is 0 Å². The highest BCUT2D eigenvalue weighted by molar-refractivity contribution is 7.12. The minimum absolute atomic E-state index is 0.0325. The predicted molar refractivity (Wildman–Crippen MR) is 93.3 cm³/mol. The zero-order valence-corrected chi connectivity index (χ0v) is 14.2. The van der Waals surface area contributed by atoms with E-state index in [2.05, 4.69) is 12.2 Å². The highest BCUT2D eigenvalue weighted by Gasteiger charge is 2.12. The van der Waals surface area contributed by atoms with Gasteiger partial charge in [-0.15, -0.1) is 11.3 Å². The predicted octanol–water partition coefficient (Wildman–Crippen LogP) is 3.46. The normalized spacial score (nSPS) is 10.2. The molecule has 1 amide bonds. The van der Waals surface area contributed by atoms with Gasteiger partial charge in [0.15, 0.2) is 12.4 Å². The van der Waals surface area contributed by atoms with Crippen LogP contribution in [0.25, 0.3) is 0 Å². The van der Waals surface area contributed by atoms with E-state index in [1.54, 1.807) is 24.3 Å². The summed E-state index contributed by atoms with van der Waals surface area (Å²) in [5.74, 6) is -1.06. The van der Waals surface area contributed by atoms with E-state index in [4.69, 9.17) is 4.74 Å². The molecule has 0 atom stereocenters. The number of Topliss-reactive ketones (excluding diaryl/α,β-unsaturated/α-hetero) is 1. The van der Waals surface area contributed by atoms with Gasteiger partial charge in [0.2, 0.25) is 0 Å². The molecule has 1 heterocycles. The smallest absolute Gasteiger partial charge is 0.306 e. The fourth-order valence-corrected chi connectivity index (χ4v) is 2.71. The molecule has 0 unspecified atom stereocenters. The van der Waals surface area contributed by atoms with Crippen LogP contribution in [-0.4, -0.2) is 24.3 Å². The average molecular weight is 345 g/mol. The van der Waals surface area contributed by atoms with E-state index in [1.807, 2.05) is 17.5 Å². The fraction of sp³-hybridized carbons (Fsp3) is 0.278. The molecular weight excluding hydrogens is 326 g/mol. The van der Waals surface area contributed by atoms with E-state index in [9.17, 15) is 14.4 Å². The number of ether oxygens (including phenoxy) is 1. The lowest BCUT2D eigenvalue weighted by molar-refractivity contribution is -0.147. The van der Waals surface area contributed by atoms with Crippen LogP contribution in [0.3, 0.4) is 0 Å². The summed E-state index contributed by atoms with van der Waals surface area (Å²) < 4.78 is 4.89. The molecule has 2 rings (SSSR count). The first-order valence-electron chi connectivity index (χ1n) is 7.69. The molecule has 0 aliphatic heterocycles. The van der Waals surface area contributed by atoms with Gasteiger partial charge in [0.25, 0.3) is 5.91 Å². The van der Waals surface area contributed by atoms with Crippen molar-refractivity contribution in [2.45, 2.75) is 26.2 Å². The molecule has 0 bridgehead atoms. The summed E-state index contributed by atoms with van der Waals surface area (Å²) in [4.78, 5) is 35.7. The number of ketones is 1. The lowest BCUT2D eigenvalue weighted by atomic mass is 10.1. The molecule has 0 saturated heterocycles. The third-order valence-corrected chi connectivity index (χ3v) is 4.27. The van der Waals surface area contributed by atoms with Crippen molar-refractivity contribution >= 4 is 34.7 Å². The minimum atomic E-state index is -0.559. The van der Waals surface area contributed by atoms with Crippen molar-refractivity contribution in [1.29, 1.82) is 0 Å². The van der Waals surface area contributed by atoms with Crippen molar-refractivity contribution in [2.75, 3.05) is 11.9 Å². The Bertz CT molecular complexity index is 692. The van der Waals surface area contributed by atoms with Crippen LogP contribution in [0, 0.1) is 0 Å². The number of rotatable bonds is 8. The van der Waals surface area contributed by atoms with Gasteiger partial charge < -0.3 is 10.1 Å². The summed E-state index contributed by atoms with van der Waals surface area (Å²) in [5, 5.41) is 4.46. The van der Waals surface area contributed by atoms with Crippen molar-refractivity contribution in [1.82, 2.24) is 0 Å². The van der Waals surface area contributed by atoms with Crippen LogP contribution >= 0.6 is 11.3 Å². The van der Waals surface area contributed by atoms with Crippen LogP contribution in [0.15, 0.2) is 41.8 Å². The minimum Gasteiger partial charge on any atom is -0.456 e. The van der Waals surface area contributed by atoms with Gasteiger partial charge in [-0.1, -0.05) is 25.1 Å². The maximum absolute atomic E-state index is 11.8. The van der Waals surface area contributed by atoms with E-state index in [0.717, 1.165) is 6.42 Å². The van der Waals surface area contributed by atoms with E-state index in [1.165, 1.54) is 16.9 Å². The number of anilines is 1. The number of hydrogen-bond acceptors (Lipinski definition) is 5. The SMILES string of the molecule is CCc1ccc(NC(=O)COC(=O)CCC(=O)c2cccs2)cc1. The van der Waals surface area contributed by atoms with E-state index < -0.39 is 11.9 Å². The number of nitrogens with one attached hydrogen (secondary N) is 1.